The van der Waals surface area contributed by atoms with Crippen molar-refractivity contribution in [3.63, 3.8) is 0 Å². The molecule has 0 bridgehead atoms. The number of rotatable bonds is 7. The standard InChI is InChI=1S/C21H18BrClFNO2/c1-26-20-10-15(12-25-18-7-3-5-16(23)11-18)9-19(22)21(20)27-13-14-4-2-6-17(24)8-14/h2-11,25H,12-13H2,1H3. The highest BCUT2D eigenvalue weighted by atomic mass is 79.9. The van der Waals surface area contributed by atoms with Gasteiger partial charge in [0.2, 0.25) is 0 Å². The van der Waals surface area contributed by atoms with Gasteiger partial charge in [0.05, 0.1) is 11.6 Å². The lowest BCUT2D eigenvalue weighted by Gasteiger charge is -2.15. The molecule has 0 heterocycles. The van der Waals surface area contributed by atoms with E-state index < -0.39 is 0 Å². The first kappa shape index (κ1) is 19.5. The molecule has 0 spiro atoms. The van der Waals surface area contributed by atoms with Gasteiger partial charge < -0.3 is 14.8 Å². The Hall–Kier alpha value is -2.24. The third-order valence-electron chi connectivity index (χ3n) is 3.88. The van der Waals surface area contributed by atoms with Crippen LogP contribution in [0.3, 0.4) is 0 Å². The van der Waals surface area contributed by atoms with Crippen LogP contribution < -0.4 is 14.8 Å². The zero-order valence-corrected chi connectivity index (χ0v) is 17.0. The summed E-state index contributed by atoms with van der Waals surface area (Å²) in [5.74, 6) is 0.890. The van der Waals surface area contributed by atoms with Gasteiger partial charge in [-0.2, -0.15) is 0 Å². The first-order valence-corrected chi connectivity index (χ1v) is 9.45. The number of nitrogens with one attached hydrogen (secondary N) is 1. The molecule has 0 amide bonds. The third kappa shape index (κ3) is 5.37. The van der Waals surface area contributed by atoms with Gasteiger partial charge in [0.1, 0.15) is 12.4 Å². The van der Waals surface area contributed by atoms with Crippen LogP contribution in [0, 0.1) is 5.82 Å². The van der Waals surface area contributed by atoms with E-state index in [0.29, 0.717) is 23.1 Å². The van der Waals surface area contributed by atoms with Crippen LogP contribution >= 0.6 is 27.5 Å². The number of hydrogen-bond donors (Lipinski definition) is 1. The number of benzene rings is 3. The van der Waals surface area contributed by atoms with Crippen molar-refractivity contribution in [2.24, 2.45) is 0 Å². The molecule has 3 rings (SSSR count). The number of ether oxygens (including phenoxy) is 2. The molecule has 3 nitrogen and oxygen atoms in total. The highest BCUT2D eigenvalue weighted by molar-refractivity contribution is 9.10. The summed E-state index contributed by atoms with van der Waals surface area (Å²) in [7, 11) is 1.59. The first-order chi connectivity index (χ1) is 13.0. The van der Waals surface area contributed by atoms with Gasteiger partial charge in [-0.15, -0.1) is 0 Å². The minimum atomic E-state index is -0.287. The highest BCUT2D eigenvalue weighted by Gasteiger charge is 2.12. The number of methoxy groups -OCH3 is 1. The predicted octanol–water partition coefficient (Wildman–Crippen LogP) is 6.44. The zero-order chi connectivity index (χ0) is 19.2. The summed E-state index contributed by atoms with van der Waals surface area (Å²) in [4.78, 5) is 0. The van der Waals surface area contributed by atoms with Crippen molar-refractivity contribution < 1.29 is 13.9 Å². The molecule has 140 valence electrons. The molecule has 0 aliphatic rings. The molecule has 1 N–H and O–H groups in total. The molecule has 27 heavy (non-hydrogen) atoms. The van der Waals surface area contributed by atoms with Crippen molar-refractivity contribution in [2.45, 2.75) is 13.2 Å². The van der Waals surface area contributed by atoms with E-state index in [9.17, 15) is 4.39 Å². The molecular weight excluding hydrogens is 433 g/mol. The molecule has 0 atom stereocenters. The lowest BCUT2D eigenvalue weighted by Crippen LogP contribution is -2.03. The quantitative estimate of drug-likeness (QED) is 0.449. The molecule has 3 aromatic rings. The van der Waals surface area contributed by atoms with Crippen LogP contribution in [0.15, 0.2) is 65.1 Å². The van der Waals surface area contributed by atoms with Gasteiger partial charge in [0.15, 0.2) is 11.5 Å². The number of hydrogen-bond acceptors (Lipinski definition) is 3. The maximum absolute atomic E-state index is 13.3. The van der Waals surface area contributed by atoms with Crippen molar-refractivity contribution in [1.29, 1.82) is 0 Å². The average Bonchev–Trinajstić information content (AvgIpc) is 2.65. The largest absolute Gasteiger partial charge is 0.493 e. The monoisotopic (exact) mass is 449 g/mol. The fourth-order valence-corrected chi connectivity index (χ4v) is 3.39. The summed E-state index contributed by atoms with van der Waals surface area (Å²) in [5, 5.41) is 4.00. The SMILES string of the molecule is COc1cc(CNc2cccc(Cl)c2)cc(Br)c1OCc1cccc(F)c1. The second-order valence-electron chi connectivity index (χ2n) is 5.89. The van der Waals surface area contributed by atoms with Crippen molar-refractivity contribution >= 4 is 33.2 Å². The Balaban J connectivity index is 1.72. The average molecular weight is 451 g/mol. The maximum Gasteiger partial charge on any atom is 0.175 e. The van der Waals surface area contributed by atoms with E-state index in [1.54, 1.807) is 13.2 Å². The summed E-state index contributed by atoms with van der Waals surface area (Å²) in [6.45, 7) is 0.840. The van der Waals surface area contributed by atoms with Crippen LogP contribution in [0.4, 0.5) is 10.1 Å². The lowest BCUT2D eigenvalue weighted by atomic mass is 10.2. The number of halogens is 3. The second kappa shape index (κ2) is 9.11. The summed E-state index contributed by atoms with van der Waals surface area (Å²) in [6, 6.07) is 17.7. The summed E-state index contributed by atoms with van der Waals surface area (Å²) in [6.07, 6.45) is 0. The van der Waals surface area contributed by atoms with Crippen LogP contribution in [-0.2, 0) is 13.2 Å². The molecule has 6 heteroatoms. The Morgan fingerprint density at radius 1 is 1.04 bits per heavy atom. The Morgan fingerprint density at radius 3 is 2.59 bits per heavy atom. The third-order valence-corrected chi connectivity index (χ3v) is 4.71. The lowest BCUT2D eigenvalue weighted by molar-refractivity contribution is 0.282. The molecule has 0 saturated carbocycles. The van der Waals surface area contributed by atoms with Crippen LogP contribution in [0.5, 0.6) is 11.5 Å². The summed E-state index contributed by atoms with van der Waals surface area (Å²) in [5.41, 5.74) is 2.69. The molecule has 0 fully saturated rings. The Morgan fingerprint density at radius 2 is 1.85 bits per heavy atom. The molecular formula is C21H18BrClFNO2. The smallest absolute Gasteiger partial charge is 0.175 e. The second-order valence-corrected chi connectivity index (χ2v) is 7.18. The number of anilines is 1. The Kier molecular flexibility index (Phi) is 6.58. The molecule has 0 aliphatic heterocycles. The zero-order valence-electron chi connectivity index (χ0n) is 14.6. The van der Waals surface area contributed by atoms with Gasteiger partial charge in [0, 0.05) is 17.3 Å². The van der Waals surface area contributed by atoms with Crippen LogP contribution in [-0.4, -0.2) is 7.11 Å². The summed E-state index contributed by atoms with van der Waals surface area (Å²) >= 11 is 9.54. The van der Waals surface area contributed by atoms with E-state index in [-0.39, 0.29) is 12.4 Å². The molecule has 0 aliphatic carbocycles. The molecule has 0 aromatic heterocycles. The normalized spacial score (nSPS) is 10.5. The van der Waals surface area contributed by atoms with Crippen molar-refractivity contribution in [3.05, 3.63) is 87.1 Å². The van der Waals surface area contributed by atoms with Gasteiger partial charge in [-0.1, -0.05) is 29.8 Å². The van der Waals surface area contributed by atoms with Gasteiger partial charge in [-0.3, -0.25) is 0 Å². The fourth-order valence-electron chi connectivity index (χ4n) is 2.60. The fraction of sp³-hybridized carbons (Fsp3) is 0.143. The molecule has 0 unspecified atom stereocenters. The highest BCUT2D eigenvalue weighted by Crippen LogP contribution is 2.37. The molecule has 0 radical (unpaired) electrons. The Bertz CT molecular complexity index is 936. The van der Waals surface area contributed by atoms with Crippen LogP contribution in [0.1, 0.15) is 11.1 Å². The van der Waals surface area contributed by atoms with Crippen LogP contribution in [0.25, 0.3) is 0 Å². The molecule has 3 aromatic carbocycles. The topological polar surface area (TPSA) is 30.5 Å². The van der Waals surface area contributed by atoms with E-state index >= 15 is 0 Å². The Labute approximate surface area is 171 Å². The van der Waals surface area contributed by atoms with Crippen molar-refractivity contribution in [3.8, 4) is 11.5 Å². The van der Waals surface area contributed by atoms with Gasteiger partial charge in [0.25, 0.3) is 0 Å². The van der Waals surface area contributed by atoms with Gasteiger partial charge >= 0.3 is 0 Å². The minimum absolute atomic E-state index is 0.243. The van der Waals surface area contributed by atoms with Gasteiger partial charge in [-0.25, -0.2) is 4.39 Å². The first-order valence-electron chi connectivity index (χ1n) is 8.28. The van der Waals surface area contributed by atoms with Crippen LogP contribution in [0.2, 0.25) is 5.02 Å². The van der Waals surface area contributed by atoms with E-state index in [1.165, 1.54) is 12.1 Å². The van der Waals surface area contributed by atoms with E-state index in [2.05, 4.69) is 21.2 Å². The van der Waals surface area contributed by atoms with Gasteiger partial charge in [-0.05, 0) is 69.5 Å². The maximum atomic E-state index is 13.3. The summed E-state index contributed by atoms with van der Waals surface area (Å²) < 4.78 is 25.4. The minimum Gasteiger partial charge on any atom is -0.493 e. The van der Waals surface area contributed by atoms with E-state index in [0.717, 1.165) is 21.3 Å². The predicted molar refractivity (Wildman–Crippen MR) is 110 cm³/mol. The van der Waals surface area contributed by atoms with E-state index in [1.807, 2.05) is 42.5 Å². The van der Waals surface area contributed by atoms with Crippen molar-refractivity contribution in [2.75, 3.05) is 12.4 Å². The molecule has 0 saturated heterocycles. The van der Waals surface area contributed by atoms with Crippen molar-refractivity contribution in [1.82, 2.24) is 0 Å². The van der Waals surface area contributed by atoms with E-state index in [4.69, 9.17) is 21.1 Å².